The molecule has 0 amide bonds. The summed E-state index contributed by atoms with van der Waals surface area (Å²) in [4.78, 5) is 0. The first kappa shape index (κ1) is 9.84. The van der Waals surface area contributed by atoms with E-state index in [9.17, 15) is 0 Å². The van der Waals surface area contributed by atoms with E-state index in [4.69, 9.17) is 28.9 Å². The van der Waals surface area contributed by atoms with Gasteiger partial charge in [-0.2, -0.15) is 0 Å². The minimum atomic E-state index is 0.687. The van der Waals surface area contributed by atoms with Gasteiger partial charge in [-0.25, -0.2) is 0 Å². The van der Waals surface area contributed by atoms with Crippen LogP contribution in [-0.2, 0) is 0 Å². The van der Waals surface area contributed by atoms with Gasteiger partial charge in [-0.3, -0.25) is 0 Å². The lowest BCUT2D eigenvalue weighted by Crippen LogP contribution is -1.83. The van der Waals surface area contributed by atoms with Gasteiger partial charge in [0.05, 0.1) is 4.34 Å². The average Bonchev–Trinajstić information content (AvgIpc) is 2.45. The molecule has 4 heteroatoms. The van der Waals surface area contributed by atoms with Gasteiger partial charge < -0.3 is 5.73 Å². The molecule has 0 fully saturated rings. The Morgan fingerprint density at radius 2 is 1.93 bits per heavy atom. The Labute approximate surface area is 96.1 Å². The molecular weight excluding hydrogens is 237 g/mol. The van der Waals surface area contributed by atoms with Gasteiger partial charge in [0.25, 0.3) is 0 Å². The van der Waals surface area contributed by atoms with Gasteiger partial charge in [0, 0.05) is 11.3 Å². The van der Waals surface area contributed by atoms with Gasteiger partial charge in [0.2, 0.25) is 0 Å². The number of benzene rings is 1. The molecule has 0 aliphatic rings. The van der Waals surface area contributed by atoms with E-state index < -0.39 is 0 Å². The van der Waals surface area contributed by atoms with Crippen molar-refractivity contribution >= 4 is 40.2 Å². The second-order valence-corrected chi connectivity index (χ2v) is 5.15. The molecule has 2 rings (SSSR count). The fraction of sp³-hybridized carbons (Fsp3) is 0. The molecule has 14 heavy (non-hydrogen) atoms. The molecule has 1 aromatic carbocycles. The van der Waals surface area contributed by atoms with Crippen LogP contribution in [0.15, 0.2) is 30.3 Å². The van der Waals surface area contributed by atoms with Gasteiger partial charge in [-0.05, 0) is 23.8 Å². The molecule has 0 atom stereocenters. The minimum Gasteiger partial charge on any atom is -0.399 e. The lowest BCUT2D eigenvalue weighted by atomic mass is 10.1. The van der Waals surface area contributed by atoms with E-state index in [1.807, 2.05) is 30.3 Å². The molecule has 0 saturated heterocycles. The molecule has 0 aliphatic heterocycles. The van der Waals surface area contributed by atoms with Crippen molar-refractivity contribution in [2.24, 2.45) is 0 Å². The van der Waals surface area contributed by atoms with E-state index in [0.29, 0.717) is 8.67 Å². The van der Waals surface area contributed by atoms with Crippen LogP contribution in [-0.4, -0.2) is 0 Å². The molecule has 1 heterocycles. The average molecular weight is 244 g/mol. The zero-order valence-electron chi connectivity index (χ0n) is 7.13. The summed E-state index contributed by atoms with van der Waals surface area (Å²) in [6.45, 7) is 0. The summed E-state index contributed by atoms with van der Waals surface area (Å²) in [5.41, 5.74) is 8.34. The van der Waals surface area contributed by atoms with Gasteiger partial charge >= 0.3 is 0 Å². The van der Waals surface area contributed by atoms with Gasteiger partial charge in [-0.1, -0.05) is 35.3 Å². The largest absolute Gasteiger partial charge is 0.399 e. The van der Waals surface area contributed by atoms with Gasteiger partial charge in [-0.15, -0.1) is 11.3 Å². The van der Waals surface area contributed by atoms with Crippen molar-refractivity contribution in [3.63, 3.8) is 0 Å². The van der Waals surface area contributed by atoms with Gasteiger partial charge in [0.15, 0.2) is 0 Å². The number of thiophene rings is 1. The van der Waals surface area contributed by atoms with Crippen LogP contribution in [0.3, 0.4) is 0 Å². The monoisotopic (exact) mass is 243 g/mol. The Hall–Kier alpha value is -0.700. The maximum absolute atomic E-state index is 6.03. The third-order valence-electron chi connectivity index (χ3n) is 1.85. The maximum atomic E-state index is 6.03. The van der Waals surface area contributed by atoms with Crippen LogP contribution in [0.25, 0.3) is 11.1 Å². The molecule has 1 aromatic heterocycles. The van der Waals surface area contributed by atoms with Crippen molar-refractivity contribution < 1.29 is 0 Å². The fourth-order valence-electron chi connectivity index (χ4n) is 1.24. The van der Waals surface area contributed by atoms with Crippen LogP contribution in [0.4, 0.5) is 5.69 Å². The molecule has 0 spiro atoms. The number of hydrogen-bond acceptors (Lipinski definition) is 2. The second kappa shape index (κ2) is 3.81. The first-order chi connectivity index (χ1) is 6.66. The molecule has 0 radical (unpaired) electrons. The third-order valence-corrected chi connectivity index (χ3v) is 3.34. The topological polar surface area (TPSA) is 26.0 Å². The van der Waals surface area contributed by atoms with Crippen LogP contribution in [0.1, 0.15) is 0 Å². The zero-order valence-corrected chi connectivity index (χ0v) is 9.46. The fourth-order valence-corrected chi connectivity index (χ4v) is 2.75. The molecule has 2 aromatic rings. The number of anilines is 1. The lowest BCUT2D eigenvalue weighted by Gasteiger charge is -1.99. The van der Waals surface area contributed by atoms with E-state index in [2.05, 4.69) is 0 Å². The first-order valence-corrected chi connectivity index (χ1v) is 5.55. The smallest absolute Gasteiger partial charge is 0.102 e. The van der Waals surface area contributed by atoms with Crippen molar-refractivity contribution in [1.82, 2.24) is 0 Å². The van der Waals surface area contributed by atoms with Crippen LogP contribution in [0.2, 0.25) is 8.67 Å². The minimum absolute atomic E-state index is 0.687. The van der Waals surface area contributed by atoms with E-state index in [-0.39, 0.29) is 0 Å². The highest BCUT2D eigenvalue weighted by molar-refractivity contribution is 7.20. The Bertz CT molecular complexity index is 465. The molecule has 0 unspecified atom stereocenters. The third kappa shape index (κ3) is 1.87. The summed E-state index contributed by atoms with van der Waals surface area (Å²) >= 11 is 13.2. The summed E-state index contributed by atoms with van der Waals surface area (Å²) in [7, 11) is 0. The normalized spacial score (nSPS) is 10.4. The number of halogens is 2. The highest BCUT2D eigenvalue weighted by atomic mass is 35.5. The number of rotatable bonds is 1. The van der Waals surface area contributed by atoms with Crippen LogP contribution < -0.4 is 5.73 Å². The van der Waals surface area contributed by atoms with Crippen molar-refractivity contribution in [1.29, 1.82) is 0 Å². The molecule has 72 valence electrons. The Kier molecular flexibility index (Phi) is 2.68. The standard InChI is InChI=1S/C10H7Cl2NS/c11-9-5-8(10(12)14-9)6-2-1-3-7(13)4-6/h1-5H,13H2. The molecule has 1 nitrogen and oxygen atoms in total. The highest BCUT2D eigenvalue weighted by Gasteiger charge is 2.07. The first-order valence-electron chi connectivity index (χ1n) is 3.97. The van der Waals surface area contributed by atoms with E-state index in [0.717, 1.165) is 16.8 Å². The predicted molar refractivity (Wildman–Crippen MR) is 64.2 cm³/mol. The summed E-state index contributed by atoms with van der Waals surface area (Å²) < 4.78 is 1.38. The van der Waals surface area contributed by atoms with Crippen molar-refractivity contribution in [3.8, 4) is 11.1 Å². The van der Waals surface area contributed by atoms with Crippen LogP contribution >= 0.6 is 34.5 Å². The highest BCUT2D eigenvalue weighted by Crippen LogP contribution is 2.38. The Balaban J connectivity index is 2.54. The zero-order chi connectivity index (χ0) is 10.1. The van der Waals surface area contributed by atoms with Crippen molar-refractivity contribution in [2.45, 2.75) is 0 Å². The molecular formula is C10H7Cl2NS. The van der Waals surface area contributed by atoms with Crippen molar-refractivity contribution in [3.05, 3.63) is 39.0 Å². The molecule has 0 bridgehead atoms. The number of nitrogens with two attached hydrogens (primary N) is 1. The number of nitrogen functional groups attached to an aromatic ring is 1. The summed E-state index contributed by atoms with van der Waals surface area (Å²) in [6, 6.07) is 9.42. The summed E-state index contributed by atoms with van der Waals surface area (Å²) in [5, 5.41) is 0. The van der Waals surface area contributed by atoms with E-state index in [1.54, 1.807) is 0 Å². The quantitative estimate of drug-likeness (QED) is 0.743. The number of hydrogen-bond donors (Lipinski definition) is 1. The molecule has 2 N–H and O–H groups in total. The van der Waals surface area contributed by atoms with E-state index >= 15 is 0 Å². The summed E-state index contributed by atoms with van der Waals surface area (Å²) in [5.74, 6) is 0. The summed E-state index contributed by atoms with van der Waals surface area (Å²) in [6.07, 6.45) is 0. The molecule has 0 saturated carbocycles. The van der Waals surface area contributed by atoms with Gasteiger partial charge in [0.1, 0.15) is 4.34 Å². The maximum Gasteiger partial charge on any atom is 0.102 e. The predicted octanol–water partition coefficient (Wildman–Crippen LogP) is 4.30. The lowest BCUT2D eigenvalue weighted by molar-refractivity contribution is 1.66. The van der Waals surface area contributed by atoms with Crippen LogP contribution in [0, 0.1) is 0 Å². The Morgan fingerprint density at radius 3 is 2.50 bits per heavy atom. The Morgan fingerprint density at radius 1 is 1.14 bits per heavy atom. The SMILES string of the molecule is Nc1cccc(-c2cc(Cl)sc2Cl)c1. The second-order valence-electron chi connectivity index (χ2n) is 2.86. The van der Waals surface area contributed by atoms with E-state index in [1.165, 1.54) is 11.3 Å². The van der Waals surface area contributed by atoms with Crippen LogP contribution in [0.5, 0.6) is 0 Å². The molecule has 0 aliphatic carbocycles. The van der Waals surface area contributed by atoms with Crippen molar-refractivity contribution in [2.75, 3.05) is 5.73 Å².